The quantitative estimate of drug-likeness (QED) is 0.396. The Bertz CT molecular complexity index is 801. The summed E-state index contributed by atoms with van der Waals surface area (Å²) in [5.41, 5.74) is 1.88. The number of nitrogens with one attached hydrogen (secondary N) is 2. The monoisotopic (exact) mass is 425 g/mol. The third kappa shape index (κ3) is 6.52. The lowest BCUT2D eigenvalue weighted by atomic mass is 10.0. The van der Waals surface area contributed by atoms with Crippen LogP contribution in [0, 0.1) is 5.92 Å². The minimum absolute atomic E-state index is 0.0316. The Hall–Kier alpha value is -2.47. The molecule has 0 aromatic heterocycles. The van der Waals surface area contributed by atoms with Gasteiger partial charge in [-0.1, -0.05) is 49.2 Å². The van der Waals surface area contributed by atoms with Crippen LogP contribution in [0.15, 0.2) is 60.7 Å². The third-order valence-corrected chi connectivity index (χ3v) is 5.82. The van der Waals surface area contributed by atoms with Crippen LogP contribution in [0.4, 0.5) is 11.4 Å². The molecule has 3 rings (SSSR count). The minimum Gasteiger partial charge on any atom is -0.371 e. The van der Waals surface area contributed by atoms with E-state index in [9.17, 15) is 9.59 Å². The summed E-state index contributed by atoms with van der Waals surface area (Å²) in [6, 6.07) is 19.0. The standard InChI is InChI=1S/C24H31N3O2S/c28-23(19-15-16-27(18-19)21-12-6-2-7-13-21)26-22(14-8-3-9-17-30)24(29)25-20-10-4-1-5-11-20/h1-2,4-7,10-13,19,22,30H,3,8-9,14-18H2,(H,25,29)(H,26,28)/t19?,22-/m0/s1. The number of unbranched alkanes of at least 4 members (excludes halogenated alkanes) is 2. The fourth-order valence-corrected chi connectivity index (χ4v) is 4.02. The Morgan fingerprint density at radius 3 is 2.40 bits per heavy atom. The first-order valence-corrected chi connectivity index (χ1v) is 11.4. The van der Waals surface area contributed by atoms with Crippen LogP contribution in [0.3, 0.4) is 0 Å². The van der Waals surface area contributed by atoms with Gasteiger partial charge in [0.25, 0.3) is 0 Å². The summed E-state index contributed by atoms with van der Waals surface area (Å²) in [6.45, 7) is 1.54. The van der Waals surface area contributed by atoms with Gasteiger partial charge in [0.15, 0.2) is 0 Å². The highest BCUT2D eigenvalue weighted by molar-refractivity contribution is 7.80. The van der Waals surface area contributed by atoms with E-state index in [0.29, 0.717) is 13.0 Å². The first kappa shape index (κ1) is 22.2. The number of benzene rings is 2. The lowest BCUT2D eigenvalue weighted by Crippen LogP contribution is -2.46. The van der Waals surface area contributed by atoms with Crippen molar-refractivity contribution < 1.29 is 9.59 Å². The van der Waals surface area contributed by atoms with Crippen molar-refractivity contribution in [1.82, 2.24) is 5.32 Å². The van der Waals surface area contributed by atoms with E-state index in [2.05, 4.69) is 40.3 Å². The van der Waals surface area contributed by atoms with Crippen molar-refractivity contribution in [2.24, 2.45) is 5.92 Å². The third-order valence-electron chi connectivity index (χ3n) is 5.51. The molecule has 5 nitrogen and oxygen atoms in total. The lowest BCUT2D eigenvalue weighted by Gasteiger charge is -2.21. The van der Waals surface area contributed by atoms with E-state index >= 15 is 0 Å². The second kappa shape index (κ2) is 11.6. The summed E-state index contributed by atoms with van der Waals surface area (Å²) >= 11 is 4.25. The van der Waals surface area contributed by atoms with Crippen molar-refractivity contribution in [3.05, 3.63) is 60.7 Å². The Kier molecular flexibility index (Phi) is 8.63. The minimum atomic E-state index is -0.525. The van der Waals surface area contributed by atoms with Crippen molar-refractivity contribution in [3.63, 3.8) is 0 Å². The molecule has 2 atom stereocenters. The second-order valence-electron chi connectivity index (χ2n) is 7.76. The molecule has 1 fully saturated rings. The van der Waals surface area contributed by atoms with Gasteiger partial charge in [-0.3, -0.25) is 9.59 Å². The average Bonchev–Trinajstić information content (AvgIpc) is 3.27. The number of anilines is 2. The number of thiol groups is 1. The molecule has 1 saturated heterocycles. The number of hydrogen-bond acceptors (Lipinski definition) is 4. The van der Waals surface area contributed by atoms with Crippen LogP contribution >= 0.6 is 12.6 Å². The summed E-state index contributed by atoms with van der Waals surface area (Å²) in [6.07, 6.45) is 4.33. The van der Waals surface area contributed by atoms with E-state index in [0.717, 1.165) is 49.4 Å². The topological polar surface area (TPSA) is 61.4 Å². The fourth-order valence-electron chi connectivity index (χ4n) is 3.79. The molecule has 0 spiro atoms. The van der Waals surface area contributed by atoms with Gasteiger partial charge in [-0.25, -0.2) is 0 Å². The van der Waals surface area contributed by atoms with Crippen molar-refractivity contribution in [3.8, 4) is 0 Å². The van der Waals surface area contributed by atoms with Gasteiger partial charge in [-0.15, -0.1) is 0 Å². The van der Waals surface area contributed by atoms with E-state index in [4.69, 9.17) is 0 Å². The molecule has 2 aromatic carbocycles. The van der Waals surface area contributed by atoms with Gasteiger partial charge in [-0.05, 0) is 49.3 Å². The van der Waals surface area contributed by atoms with Gasteiger partial charge in [0.05, 0.1) is 5.92 Å². The van der Waals surface area contributed by atoms with Crippen molar-refractivity contribution in [1.29, 1.82) is 0 Å². The molecule has 6 heteroatoms. The SMILES string of the molecule is O=C(N[C@@H](CCCCCS)C(=O)Nc1ccccc1)C1CCN(c2ccccc2)C1. The maximum Gasteiger partial charge on any atom is 0.246 e. The summed E-state index contributed by atoms with van der Waals surface area (Å²) in [4.78, 5) is 28.0. The fraction of sp³-hybridized carbons (Fsp3) is 0.417. The van der Waals surface area contributed by atoms with Crippen LogP contribution in [-0.4, -0.2) is 36.7 Å². The molecule has 0 saturated carbocycles. The van der Waals surface area contributed by atoms with Gasteiger partial charge >= 0.3 is 0 Å². The van der Waals surface area contributed by atoms with E-state index in [-0.39, 0.29) is 17.7 Å². The predicted molar refractivity (Wildman–Crippen MR) is 126 cm³/mol. The summed E-state index contributed by atoms with van der Waals surface area (Å²) in [5.74, 6) is 0.550. The van der Waals surface area contributed by atoms with Crippen molar-refractivity contribution in [2.75, 3.05) is 29.1 Å². The molecule has 1 aliphatic rings. The zero-order chi connectivity index (χ0) is 21.2. The highest BCUT2D eigenvalue weighted by atomic mass is 32.1. The molecular formula is C24H31N3O2S. The molecule has 1 aliphatic heterocycles. The molecule has 1 heterocycles. The van der Waals surface area contributed by atoms with Gasteiger partial charge in [0.1, 0.15) is 6.04 Å². The highest BCUT2D eigenvalue weighted by Crippen LogP contribution is 2.24. The Balaban J connectivity index is 1.58. The van der Waals surface area contributed by atoms with Gasteiger partial charge < -0.3 is 15.5 Å². The molecule has 0 radical (unpaired) electrons. The van der Waals surface area contributed by atoms with Crippen LogP contribution in [-0.2, 0) is 9.59 Å². The van der Waals surface area contributed by atoms with Crippen molar-refractivity contribution >= 4 is 35.8 Å². The number of carbonyl (C=O) groups is 2. The van der Waals surface area contributed by atoms with Crippen LogP contribution in [0.2, 0.25) is 0 Å². The van der Waals surface area contributed by atoms with Crippen LogP contribution in [0.1, 0.15) is 32.1 Å². The molecule has 0 bridgehead atoms. The Labute approximate surface area is 184 Å². The van der Waals surface area contributed by atoms with E-state index < -0.39 is 6.04 Å². The zero-order valence-corrected chi connectivity index (χ0v) is 18.2. The van der Waals surface area contributed by atoms with Gasteiger partial charge in [0, 0.05) is 24.5 Å². The summed E-state index contributed by atoms with van der Waals surface area (Å²) in [7, 11) is 0. The number of nitrogens with zero attached hydrogens (tertiary/aromatic N) is 1. The highest BCUT2D eigenvalue weighted by Gasteiger charge is 2.31. The second-order valence-corrected chi connectivity index (χ2v) is 8.20. The first-order chi connectivity index (χ1) is 14.7. The Morgan fingerprint density at radius 2 is 1.70 bits per heavy atom. The van der Waals surface area contributed by atoms with Crippen LogP contribution in [0.5, 0.6) is 0 Å². The van der Waals surface area contributed by atoms with Gasteiger partial charge in [0.2, 0.25) is 11.8 Å². The number of para-hydroxylation sites is 2. The molecule has 2 amide bonds. The van der Waals surface area contributed by atoms with Crippen LogP contribution < -0.4 is 15.5 Å². The molecular weight excluding hydrogens is 394 g/mol. The van der Waals surface area contributed by atoms with E-state index in [1.807, 2.05) is 48.5 Å². The maximum atomic E-state index is 12.9. The number of hydrogen-bond donors (Lipinski definition) is 3. The Morgan fingerprint density at radius 1 is 1.00 bits per heavy atom. The predicted octanol–water partition coefficient (Wildman–Crippen LogP) is 4.13. The largest absolute Gasteiger partial charge is 0.371 e. The molecule has 0 aliphatic carbocycles. The smallest absolute Gasteiger partial charge is 0.246 e. The summed E-state index contributed by atoms with van der Waals surface area (Å²) in [5, 5.41) is 5.97. The zero-order valence-electron chi connectivity index (χ0n) is 17.3. The lowest BCUT2D eigenvalue weighted by molar-refractivity contribution is -0.129. The number of rotatable bonds is 10. The van der Waals surface area contributed by atoms with Gasteiger partial charge in [-0.2, -0.15) is 12.6 Å². The molecule has 30 heavy (non-hydrogen) atoms. The normalized spacial score (nSPS) is 16.8. The number of carbonyl (C=O) groups excluding carboxylic acids is 2. The number of amides is 2. The summed E-state index contributed by atoms with van der Waals surface area (Å²) < 4.78 is 0. The molecule has 2 N–H and O–H groups in total. The maximum absolute atomic E-state index is 12.9. The molecule has 2 aromatic rings. The van der Waals surface area contributed by atoms with E-state index in [1.165, 1.54) is 0 Å². The van der Waals surface area contributed by atoms with Crippen LogP contribution in [0.25, 0.3) is 0 Å². The van der Waals surface area contributed by atoms with Crippen molar-refractivity contribution in [2.45, 2.75) is 38.1 Å². The molecule has 160 valence electrons. The van der Waals surface area contributed by atoms with E-state index in [1.54, 1.807) is 0 Å². The molecule has 1 unspecified atom stereocenters. The first-order valence-electron chi connectivity index (χ1n) is 10.7. The average molecular weight is 426 g/mol.